The average molecular weight is 734 g/mol. The molecule has 0 aliphatic rings. The van der Waals surface area contributed by atoms with Crippen molar-refractivity contribution < 1.29 is 0 Å². The number of hydrogen-bond acceptors (Lipinski definition) is 1. The molecule has 0 N–H and O–H groups in total. The highest BCUT2D eigenvalue weighted by atomic mass is 14.7. The summed E-state index contributed by atoms with van der Waals surface area (Å²) in [4.78, 5) is 5.46. The minimum absolute atomic E-state index is 1.00. The van der Waals surface area contributed by atoms with E-state index >= 15 is 0 Å². The van der Waals surface area contributed by atoms with Crippen molar-refractivity contribution in [1.82, 2.24) is 4.98 Å². The molecule has 0 spiro atoms. The van der Waals surface area contributed by atoms with Gasteiger partial charge in [0, 0.05) is 21.7 Å². The molecule has 0 aliphatic carbocycles. The zero-order valence-corrected chi connectivity index (χ0v) is 31.7. The molecule has 0 fully saturated rings. The summed E-state index contributed by atoms with van der Waals surface area (Å²) in [6.07, 6.45) is 0. The topological polar surface area (TPSA) is 12.9 Å². The van der Waals surface area contributed by atoms with E-state index in [-0.39, 0.29) is 0 Å². The van der Waals surface area contributed by atoms with E-state index < -0.39 is 0 Å². The van der Waals surface area contributed by atoms with Gasteiger partial charge in [-0.25, -0.2) is 4.98 Å². The molecule has 12 aromatic rings. The van der Waals surface area contributed by atoms with Crippen molar-refractivity contribution in [3.63, 3.8) is 0 Å². The lowest BCUT2D eigenvalue weighted by Gasteiger charge is -2.21. The third-order valence-electron chi connectivity index (χ3n) is 12.2. The molecule has 12 rings (SSSR count). The van der Waals surface area contributed by atoms with Crippen LogP contribution in [0.25, 0.3) is 120 Å². The van der Waals surface area contributed by atoms with Gasteiger partial charge in [0.25, 0.3) is 0 Å². The Morgan fingerprint density at radius 1 is 0.259 bits per heavy atom. The third-order valence-corrected chi connectivity index (χ3v) is 12.2. The van der Waals surface area contributed by atoms with Crippen LogP contribution in [0.5, 0.6) is 0 Å². The van der Waals surface area contributed by atoms with E-state index in [1.807, 2.05) is 0 Å². The van der Waals surface area contributed by atoms with E-state index in [4.69, 9.17) is 4.98 Å². The van der Waals surface area contributed by atoms with Crippen molar-refractivity contribution in [2.45, 2.75) is 0 Å². The van der Waals surface area contributed by atoms with E-state index in [0.29, 0.717) is 0 Å². The van der Waals surface area contributed by atoms with Gasteiger partial charge in [0.1, 0.15) is 0 Å². The third kappa shape index (κ3) is 5.00. The van der Waals surface area contributed by atoms with Crippen LogP contribution in [-0.4, -0.2) is 4.98 Å². The molecule has 1 nitrogen and oxygen atoms in total. The summed E-state index contributed by atoms with van der Waals surface area (Å²) in [6, 6.07) is 77.8. The summed E-state index contributed by atoms with van der Waals surface area (Å²) in [5, 5.41) is 15.9. The van der Waals surface area contributed by atoms with Gasteiger partial charge in [-0.05, 0) is 118 Å². The number of nitrogens with zero attached hydrogens (tertiary/aromatic N) is 1. The minimum Gasteiger partial charge on any atom is -0.247 e. The SMILES string of the molecule is c1ccc(-c2cc(-c3c4ccccc4c(-c4cc5c(-c6ccc7ccccc7c6)nc6ccccc6c5c5ccccc45)c4ccccc34)cc3ccccc23)cc1. The molecule has 0 saturated carbocycles. The summed E-state index contributed by atoms with van der Waals surface area (Å²) >= 11 is 0. The fourth-order valence-corrected chi connectivity index (χ4v) is 9.62. The quantitative estimate of drug-likeness (QED) is 0.130. The Labute approximate surface area is 336 Å². The number of para-hydroxylation sites is 1. The maximum atomic E-state index is 5.46. The van der Waals surface area contributed by atoms with Crippen molar-refractivity contribution >= 4 is 75.5 Å². The van der Waals surface area contributed by atoms with Crippen LogP contribution in [0, 0.1) is 0 Å². The van der Waals surface area contributed by atoms with Crippen LogP contribution in [0.1, 0.15) is 0 Å². The van der Waals surface area contributed by atoms with E-state index in [1.54, 1.807) is 0 Å². The summed E-state index contributed by atoms with van der Waals surface area (Å²) < 4.78 is 0. The van der Waals surface area contributed by atoms with Gasteiger partial charge in [0.15, 0.2) is 0 Å². The molecule has 1 heterocycles. The lowest BCUT2D eigenvalue weighted by Crippen LogP contribution is -1.95. The first-order valence-corrected chi connectivity index (χ1v) is 20.0. The maximum Gasteiger partial charge on any atom is 0.0788 e. The van der Waals surface area contributed by atoms with E-state index in [2.05, 4.69) is 212 Å². The monoisotopic (exact) mass is 733 g/mol. The van der Waals surface area contributed by atoms with Crippen molar-refractivity contribution in [1.29, 1.82) is 0 Å². The van der Waals surface area contributed by atoms with Crippen LogP contribution in [0.4, 0.5) is 0 Å². The molecule has 0 radical (unpaired) electrons. The largest absolute Gasteiger partial charge is 0.247 e. The Hall–Kier alpha value is -7.61. The molecular weight excluding hydrogens is 699 g/mol. The lowest BCUT2D eigenvalue weighted by molar-refractivity contribution is 1.43. The molecule has 0 saturated heterocycles. The van der Waals surface area contributed by atoms with Crippen molar-refractivity contribution in [2.75, 3.05) is 0 Å². The first-order valence-electron chi connectivity index (χ1n) is 20.0. The van der Waals surface area contributed by atoms with Gasteiger partial charge >= 0.3 is 0 Å². The van der Waals surface area contributed by atoms with Gasteiger partial charge < -0.3 is 0 Å². The number of benzene rings is 11. The number of pyridine rings is 1. The van der Waals surface area contributed by atoms with Crippen LogP contribution < -0.4 is 0 Å². The molecule has 58 heavy (non-hydrogen) atoms. The summed E-state index contributed by atoms with van der Waals surface area (Å²) in [5.74, 6) is 0. The Morgan fingerprint density at radius 2 is 0.793 bits per heavy atom. The van der Waals surface area contributed by atoms with Crippen LogP contribution in [0.2, 0.25) is 0 Å². The Morgan fingerprint density at radius 3 is 1.52 bits per heavy atom. The van der Waals surface area contributed by atoms with E-state index in [9.17, 15) is 0 Å². The zero-order chi connectivity index (χ0) is 38.2. The molecule has 0 amide bonds. The first kappa shape index (κ1) is 32.6. The van der Waals surface area contributed by atoms with Crippen LogP contribution >= 0.6 is 0 Å². The predicted molar refractivity (Wildman–Crippen MR) is 249 cm³/mol. The molecule has 0 atom stereocenters. The average Bonchev–Trinajstić information content (AvgIpc) is 3.30. The Balaban J connectivity index is 1.21. The number of rotatable bonds is 4. The van der Waals surface area contributed by atoms with Crippen LogP contribution in [0.3, 0.4) is 0 Å². The molecule has 0 unspecified atom stereocenters. The predicted octanol–water partition coefficient (Wildman–Crippen LogP) is 15.8. The van der Waals surface area contributed by atoms with Gasteiger partial charge in [-0.15, -0.1) is 0 Å². The molecule has 0 bridgehead atoms. The van der Waals surface area contributed by atoms with Crippen molar-refractivity contribution in [3.8, 4) is 44.6 Å². The van der Waals surface area contributed by atoms with Crippen molar-refractivity contribution in [2.24, 2.45) is 0 Å². The minimum atomic E-state index is 1.00. The van der Waals surface area contributed by atoms with Gasteiger partial charge in [0.05, 0.1) is 11.2 Å². The van der Waals surface area contributed by atoms with Gasteiger partial charge in [-0.1, -0.05) is 182 Å². The molecular formula is C57H35N. The normalized spacial score (nSPS) is 11.8. The highest BCUT2D eigenvalue weighted by molar-refractivity contribution is 6.30. The molecule has 268 valence electrons. The Bertz CT molecular complexity index is 3560. The van der Waals surface area contributed by atoms with Gasteiger partial charge in [-0.2, -0.15) is 0 Å². The molecule has 0 aliphatic heterocycles. The number of aromatic nitrogens is 1. The smallest absolute Gasteiger partial charge is 0.0788 e. The Kier molecular flexibility index (Phi) is 7.30. The summed E-state index contributed by atoms with van der Waals surface area (Å²) in [7, 11) is 0. The molecule has 1 aromatic heterocycles. The van der Waals surface area contributed by atoms with E-state index in [1.165, 1.54) is 98.0 Å². The van der Waals surface area contributed by atoms with Crippen LogP contribution in [0.15, 0.2) is 212 Å². The number of fused-ring (bicyclic) bond motifs is 9. The fraction of sp³-hybridized carbons (Fsp3) is 0. The van der Waals surface area contributed by atoms with Gasteiger partial charge in [0.2, 0.25) is 0 Å². The summed E-state index contributed by atoms with van der Waals surface area (Å²) in [5.41, 5.74) is 10.5. The number of hydrogen-bond donors (Lipinski definition) is 0. The second-order valence-electron chi connectivity index (χ2n) is 15.4. The van der Waals surface area contributed by atoms with Crippen molar-refractivity contribution in [3.05, 3.63) is 212 Å². The molecule has 1 heteroatoms. The van der Waals surface area contributed by atoms with Gasteiger partial charge in [-0.3, -0.25) is 0 Å². The second-order valence-corrected chi connectivity index (χ2v) is 15.4. The zero-order valence-electron chi connectivity index (χ0n) is 31.7. The maximum absolute atomic E-state index is 5.46. The highest BCUT2D eigenvalue weighted by Gasteiger charge is 2.22. The summed E-state index contributed by atoms with van der Waals surface area (Å²) in [6.45, 7) is 0. The second kappa shape index (κ2) is 13.0. The lowest BCUT2D eigenvalue weighted by atomic mass is 9.82. The van der Waals surface area contributed by atoms with Crippen LogP contribution in [-0.2, 0) is 0 Å². The van der Waals surface area contributed by atoms with E-state index in [0.717, 1.165) is 22.2 Å². The first-order chi connectivity index (χ1) is 28.8. The fourth-order valence-electron chi connectivity index (χ4n) is 9.62. The molecule has 11 aromatic carbocycles. The standard InChI is InChI=1S/C57H35N/c1-2-17-37(18-3-1)50-34-41(33-39-20-6-7-21-42(39)50)54-45-24-10-12-26-47(45)55(48-27-13-11-25-46(48)54)51-35-52-56(44-23-9-8-22-43(44)51)49-28-14-15-29-53(49)58-57(52)40-31-30-36-16-4-5-19-38(36)32-40/h1-35H. The highest BCUT2D eigenvalue weighted by Crippen LogP contribution is 2.49.